The Balaban J connectivity index is 1.84. The second-order valence-electron chi connectivity index (χ2n) is 5.53. The first-order chi connectivity index (χ1) is 10.2. The van der Waals surface area contributed by atoms with Gasteiger partial charge in [-0.15, -0.1) is 0 Å². The minimum atomic E-state index is -0.462. The Kier molecular flexibility index (Phi) is 6.18. The second-order valence-corrected chi connectivity index (χ2v) is 5.53. The van der Waals surface area contributed by atoms with Crippen molar-refractivity contribution in [2.75, 3.05) is 26.2 Å². The Bertz CT molecular complexity index is 470. The molecule has 0 spiro atoms. The molecule has 1 aliphatic heterocycles. The molecule has 0 N–H and O–H groups in total. The average Bonchev–Trinajstić information content (AvgIpc) is 2.50. The van der Waals surface area contributed by atoms with Gasteiger partial charge in [0.05, 0.1) is 12.2 Å². The standard InChI is InChI=1S/C17H24FNO2/c1-2-21-17(20)15-9-8-14(16(18)13-15)7-6-12-19-10-4-3-5-11-19/h8-9,13H,2-7,10-12H2,1H3. The number of rotatable bonds is 6. The predicted molar refractivity (Wildman–Crippen MR) is 81.0 cm³/mol. The summed E-state index contributed by atoms with van der Waals surface area (Å²) in [5, 5.41) is 0. The number of hydrogen-bond donors (Lipinski definition) is 0. The van der Waals surface area contributed by atoms with Crippen LogP contribution in [-0.2, 0) is 11.2 Å². The van der Waals surface area contributed by atoms with Crippen molar-refractivity contribution in [3.63, 3.8) is 0 Å². The Morgan fingerprint density at radius 3 is 2.71 bits per heavy atom. The molecule has 0 amide bonds. The number of likely N-dealkylation sites (tertiary alicyclic amines) is 1. The number of carbonyl (C=O) groups is 1. The van der Waals surface area contributed by atoms with E-state index in [0.29, 0.717) is 18.6 Å². The van der Waals surface area contributed by atoms with Crippen LogP contribution in [0.4, 0.5) is 4.39 Å². The molecular formula is C17H24FNO2. The van der Waals surface area contributed by atoms with Gasteiger partial charge in [-0.1, -0.05) is 12.5 Å². The van der Waals surface area contributed by atoms with Gasteiger partial charge in [0.15, 0.2) is 0 Å². The summed E-state index contributed by atoms with van der Waals surface area (Å²) in [6.07, 6.45) is 5.56. The van der Waals surface area contributed by atoms with Crippen molar-refractivity contribution in [3.8, 4) is 0 Å². The molecule has 0 unspecified atom stereocenters. The molecule has 1 aliphatic rings. The van der Waals surface area contributed by atoms with Gasteiger partial charge in [0.1, 0.15) is 5.82 Å². The third kappa shape index (κ3) is 4.81. The van der Waals surface area contributed by atoms with Gasteiger partial charge in [0.25, 0.3) is 0 Å². The van der Waals surface area contributed by atoms with E-state index >= 15 is 0 Å². The smallest absolute Gasteiger partial charge is 0.338 e. The molecule has 4 heteroatoms. The minimum absolute atomic E-state index is 0.286. The highest BCUT2D eigenvalue weighted by atomic mass is 19.1. The number of aryl methyl sites for hydroxylation is 1. The molecule has 1 saturated heterocycles. The molecule has 0 atom stereocenters. The third-order valence-corrected chi connectivity index (χ3v) is 3.93. The summed E-state index contributed by atoms with van der Waals surface area (Å²) in [4.78, 5) is 14.0. The summed E-state index contributed by atoms with van der Waals surface area (Å²) in [6.45, 7) is 5.41. The number of piperidine rings is 1. The molecule has 3 nitrogen and oxygen atoms in total. The molecular weight excluding hydrogens is 269 g/mol. The monoisotopic (exact) mass is 293 g/mol. The lowest BCUT2D eigenvalue weighted by Crippen LogP contribution is -2.30. The lowest BCUT2D eigenvalue weighted by Gasteiger charge is -2.26. The van der Waals surface area contributed by atoms with Gasteiger partial charge >= 0.3 is 5.97 Å². The summed E-state index contributed by atoms with van der Waals surface area (Å²) in [5.41, 5.74) is 0.967. The fourth-order valence-corrected chi connectivity index (χ4v) is 2.77. The van der Waals surface area contributed by atoms with Crippen LogP contribution in [0.25, 0.3) is 0 Å². The van der Waals surface area contributed by atoms with E-state index in [0.717, 1.165) is 13.0 Å². The molecule has 1 aromatic rings. The zero-order valence-electron chi connectivity index (χ0n) is 12.7. The maximum atomic E-state index is 14.0. The molecule has 1 aromatic carbocycles. The molecule has 116 valence electrons. The van der Waals surface area contributed by atoms with Crippen LogP contribution in [0.3, 0.4) is 0 Å². The van der Waals surface area contributed by atoms with E-state index in [1.165, 1.54) is 38.4 Å². The number of esters is 1. The van der Waals surface area contributed by atoms with Gasteiger partial charge in [-0.05, 0) is 69.9 Å². The minimum Gasteiger partial charge on any atom is -0.462 e. The van der Waals surface area contributed by atoms with Gasteiger partial charge in [0.2, 0.25) is 0 Å². The second kappa shape index (κ2) is 8.13. The van der Waals surface area contributed by atoms with Crippen LogP contribution >= 0.6 is 0 Å². The van der Waals surface area contributed by atoms with Crippen LogP contribution in [0.1, 0.15) is 48.5 Å². The van der Waals surface area contributed by atoms with Crippen LogP contribution in [0.2, 0.25) is 0 Å². The number of halogens is 1. The van der Waals surface area contributed by atoms with Crippen molar-refractivity contribution in [2.45, 2.75) is 39.0 Å². The summed E-state index contributed by atoms with van der Waals surface area (Å²) in [7, 11) is 0. The SMILES string of the molecule is CCOC(=O)c1ccc(CCCN2CCCCC2)c(F)c1. The fourth-order valence-electron chi connectivity index (χ4n) is 2.77. The Morgan fingerprint density at radius 2 is 2.05 bits per heavy atom. The molecule has 0 aliphatic carbocycles. The largest absolute Gasteiger partial charge is 0.462 e. The van der Waals surface area contributed by atoms with Gasteiger partial charge in [-0.2, -0.15) is 0 Å². The van der Waals surface area contributed by atoms with Crippen molar-refractivity contribution in [3.05, 3.63) is 35.1 Å². The van der Waals surface area contributed by atoms with Gasteiger partial charge in [-0.3, -0.25) is 0 Å². The highest BCUT2D eigenvalue weighted by Crippen LogP contribution is 2.15. The van der Waals surface area contributed by atoms with Crippen LogP contribution in [0.5, 0.6) is 0 Å². The number of nitrogens with zero attached hydrogens (tertiary/aromatic N) is 1. The molecule has 1 fully saturated rings. The highest BCUT2D eigenvalue weighted by molar-refractivity contribution is 5.89. The van der Waals surface area contributed by atoms with Crippen molar-refractivity contribution in [1.82, 2.24) is 4.90 Å². The molecule has 0 saturated carbocycles. The number of benzene rings is 1. The van der Waals surface area contributed by atoms with E-state index in [2.05, 4.69) is 4.90 Å². The maximum Gasteiger partial charge on any atom is 0.338 e. The Labute approximate surface area is 126 Å². The average molecular weight is 293 g/mol. The normalized spacial score (nSPS) is 15.9. The molecule has 0 aromatic heterocycles. The van der Waals surface area contributed by atoms with Crippen LogP contribution in [0.15, 0.2) is 18.2 Å². The fraction of sp³-hybridized carbons (Fsp3) is 0.588. The zero-order valence-corrected chi connectivity index (χ0v) is 12.7. The van der Waals surface area contributed by atoms with Crippen LogP contribution < -0.4 is 0 Å². The van der Waals surface area contributed by atoms with E-state index in [9.17, 15) is 9.18 Å². The van der Waals surface area contributed by atoms with E-state index in [1.807, 2.05) is 0 Å². The van der Waals surface area contributed by atoms with Gasteiger partial charge in [-0.25, -0.2) is 9.18 Å². The Morgan fingerprint density at radius 1 is 1.29 bits per heavy atom. The summed E-state index contributed by atoms with van der Waals surface area (Å²) >= 11 is 0. The summed E-state index contributed by atoms with van der Waals surface area (Å²) in [6, 6.07) is 4.64. The molecule has 2 rings (SSSR count). The topological polar surface area (TPSA) is 29.5 Å². The van der Waals surface area contributed by atoms with Gasteiger partial charge < -0.3 is 9.64 Å². The number of ether oxygens (including phenoxy) is 1. The molecule has 0 radical (unpaired) electrons. The molecule has 0 bridgehead atoms. The van der Waals surface area contributed by atoms with Crippen molar-refractivity contribution in [2.24, 2.45) is 0 Å². The summed E-state index contributed by atoms with van der Waals surface area (Å²) < 4.78 is 18.9. The lowest BCUT2D eigenvalue weighted by atomic mass is 10.1. The van der Waals surface area contributed by atoms with Gasteiger partial charge in [0, 0.05) is 0 Å². The first-order valence-corrected chi connectivity index (χ1v) is 7.88. The first kappa shape index (κ1) is 16.0. The van der Waals surface area contributed by atoms with Crippen molar-refractivity contribution in [1.29, 1.82) is 0 Å². The van der Waals surface area contributed by atoms with Crippen LogP contribution in [-0.4, -0.2) is 37.1 Å². The van der Waals surface area contributed by atoms with E-state index < -0.39 is 5.97 Å². The van der Waals surface area contributed by atoms with Crippen LogP contribution in [0, 0.1) is 5.82 Å². The zero-order chi connectivity index (χ0) is 15.1. The summed E-state index contributed by atoms with van der Waals surface area (Å²) in [5.74, 6) is -0.768. The van der Waals surface area contributed by atoms with E-state index in [1.54, 1.807) is 19.1 Å². The highest BCUT2D eigenvalue weighted by Gasteiger charge is 2.12. The lowest BCUT2D eigenvalue weighted by molar-refractivity contribution is 0.0526. The van der Waals surface area contributed by atoms with Crippen molar-refractivity contribution < 1.29 is 13.9 Å². The first-order valence-electron chi connectivity index (χ1n) is 7.88. The maximum absolute atomic E-state index is 14.0. The molecule has 1 heterocycles. The molecule has 21 heavy (non-hydrogen) atoms. The Hall–Kier alpha value is -1.42. The quantitative estimate of drug-likeness (QED) is 0.753. The van der Waals surface area contributed by atoms with E-state index in [4.69, 9.17) is 4.74 Å². The number of hydrogen-bond acceptors (Lipinski definition) is 3. The van der Waals surface area contributed by atoms with E-state index in [-0.39, 0.29) is 11.4 Å². The number of carbonyl (C=O) groups excluding carboxylic acids is 1. The van der Waals surface area contributed by atoms with Crippen molar-refractivity contribution >= 4 is 5.97 Å². The third-order valence-electron chi connectivity index (χ3n) is 3.93. The predicted octanol–water partition coefficient (Wildman–Crippen LogP) is 3.42.